The van der Waals surface area contributed by atoms with Crippen LogP contribution in [0.5, 0.6) is 0 Å². The molecule has 0 aromatic carbocycles. The molecule has 108 valence electrons. The Labute approximate surface area is 125 Å². The molecule has 1 aliphatic rings. The van der Waals surface area contributed by atoms with Crippen LogP contribution in [0.1, 0.15) is 30.1 Å². The Kier molecular flexibility index (Phi) is 3.66. The Hall–Kier alpha value is -2.28. The summed E-state index contributed by atoms with van der Waals surface area (Å²) >= 11 is 5.94. The minimum absolute atomic E-state index is 0.117. The van der Waals surface area contributed by atoms with E-state index in [1.54, 1.807) is 12.4 Å². The molecule has 0 atom stereocenters. The van der Waals surface area contributed by atoms with Crippen LogP contribution in [0.2, 0.25) is 5.15 Å². The second-order valence-electron chi connectivity index (χ2n) is 4.81. The van der Waals surface area contributed by atoms with E-state index in [1.807, 2.05) is 12.1 Å². The second-order valence-corrected chi connectivity index (χ2v) is 5.17. The number of nitro groups is 1. The van der Waals surface area contributed by atoms with Crippen LogP contribution in [0.4, 0.5) is 11.5 Å². The Morgan fingerprint density at radius 2 is 2.05 bits per heavy atom. The predicted octanol–water partition coefficient (Wildman–Crippen LogP) is 2.92. The van der Waals surface area contributed by atoms with E-state index in [0.717, 1.165) is 18.4 Å². The normalized spacial score (nSPS) is 14.0. The number of hydrogen-bond acceptors (Lipinski definition) is 6. The molecule has 0 radical (unpaired) electrons. The van der Waals surface area contributed by atoms with Crippen molar-refractivity contribution in [3.63, 3.8) is 0 Å². The van der Waals surface area contributed by atoms with E-state index in [2.05, 4.69) is 20.3 Å². The van der Waals surface area contributed by atoms with Crippen LogP contribution in [-0.4, -0.2) is 19.9 Å². The molecule has 0 bridgehead atoms. The zero-order chi connectivity index (χ0) is 14.8. The molecule has 0 aliphatic heterocycles. The van der Waals surface area contributed by atoms with Gasteiger partial charge in [-0.1, -0.05) is 11.6 Å². The summed E-state index contributed by atoms with van der Waals surface area (Å²) in [5.74, 6) is 1.01. The second kappa shape index (κ2) is 5.61. The lowest BCUT2D eigenvalue weighted by atomic mass is 10.2. The standard InChI is InChI=1S/C13H12ClN5O2/c14-11-10(19(20)21)13(18-12(17-11)9-1-2-9)16-7-8-3-5-15-6-4-8/h3-6,9H,1-2,7H2,(H,16,17,18). The van der Waals surface area contributed by atoms with E-state index in [-0.39, 0.29) is 22.6 Å². The van der Waals surface area contributed by atoms with Gasteiger partial charge in [0.15, 0.2) is 0 Å². The highest BCUT2D eigenvalue weighted by atomic mass is 35.5. The molecule has 2 aromatic rings. The molecule has 21 heavy (non-hydrogen) atoms. The van der Waals surface area contributed by atoms with Gasteiger partial charge in [0.1, 0.15) is 5.82 Å². The maximum absolute atomic E-state index is 11.1. The molecule has 0 saturated heterocycles. The van der Waals surface area contributed by atoms with Gasteiger partial charge in [-0.3, -0.25) is 15.1 Å². The molecule has 3 rings (SSSR count). The number of halogens is 1. The van der Waals surface area contributed by atoms with Gasteiger partial charge in [0.05, 0.1) is 4.92 Å². The van der Waals surface area contributed by atoms with Gasteiger partial charge in [-0.15, -0.1) is 0 Å². The Balaban J connectivity index is 1.89. The molecule has 1 N–H and O–H groups in total. The van der Waals surface area contributed by atoms with Crippen molar-refractivity contribution in [2.24, 2.45) is 0 Å². The highest BCUT2D eigenvalue weighted by Crippen LogP contribution is 2.41. The van der Waals surface area contributed by atoms with Gasteiger partial charge < -0.3 is 5.32 Å². The minimum Gasteiger partial charge on any atom is -0.360 e. The van der Waals surface area contributed by atoms with Gasteiger partial charge in [-0.05, 0) is 30.5 Å². The maximum atomic E-state index is 11.1. The molecule has 1 saturated carbocycles. The van der Waals surface area contributed by atoms with E-state index in [1.165, 1.54) is 0 Å². The molecule has 8 heteroatoms. The van der Waals surface area contributed by atoms with Gasteiger partial charge in [0.2, 0.25) is 11.0 Å². The zero-order valence-electron chi connectivity index (χ0n) is 11.0. The molecular weight excluding hydrogens is 294 g/mol. The molecule has 0 unspecified atom stereocenters. The summed E-state index contributed by atoms with van der Waals surface area (Å²) in [6.45, 7) is 0.404. The van der Waals surface area contributed by atoms with Crippen molar-refractivity contribution in [1.29, 1.82) is 0 Å². The lowest BCUT2D eigenvalue weighted by molar-refractivity contribution is -0.384. The topological polar surface area (TPSA) is 93.8 Å². The Morgan fingerprint density at radius 3 is 2.67 bits per heavy atom. The van der Waals surface area contributed by atoms with Crippen molar-refractivity contribution >= 4 is 23.1 Å². The zero-order valence-corrected chi connectivity index (χ0v) is 11.7. The first kappa shape index (κ1) is 13.7. The monoisotopic (exact) mass is 305 g/mol. The highest BCUT2D eigenvalue weighted by molar-refractivity contribution is 6.31. The van der Waals surface area contributed by atoms with Crippen molar-refractivity contribution < 1.29 is 4.92 Å². The third-order valence-electron chi connectivity index (χ3n) is 3.19. The fourth-order valence-corrected chi connectivity index (χ4v) is 2.18. The lowest BCUT2D eigenvalue weighted by Crippen LogP contribution is -2.08. The van der Waals surface area contributed by atoms with E-state index in [4.69, 9.17) is 11.6 Å². The maximum Gasteiger partial charge on any atom is 0.348 e. The van der Waals surface area contributed by atoms with E-state index < -0.39 is 4.92 Å². The highest BCUT2D eigenvalue weighted by Gasteiger charge is 2.31. The number of aromatic nitrogens is 3. The summed E-state index contributed by atoms with van der Waals surface area (Å²) in [4.78, 5) is 22.8. The third-order valence-corrected chi connectivity index (χ3v) is 3.46. The van der Waals surface area contributed by atoms with Crippen LogP contribution in [0, 0.1) is 10.1 Å². The van der Waals surface area contributed by atoms with Crippen molar-refractivity contribution in [2.75, 3.05) is 5.32 Å². The largest absolute Gasteiger partial charge is 0.360 e. The summed E-state index contributed by atoms with van der Waals surface area (Å²) in [6, 6.07) is 3.65. The summed E-state index contributed by atoms with van der Waals surface area (Å²) in [5, 5.41) is 14.0. The minimum atomic E-state index is -0.562. The van der Waals surface area contributed by atoms with E-state index >= 15 is 0 Å². The van der Waals surface area contributed by atoms with Crippen LogP contribution in [0.3, 0.4) is 0 Å². The number of nitrogens with one attached hydrogen (secondary N) is 1. The number of pyridine rings is 1. The fourth-order valence-electron chi connectivity index (χ4n) is 1.94. The van der Waals surface area contributed by atoms with E-state index in [0.29, 0.717) is 12.4 Å². The van der Waals surface area contributed by atoms with Crippen LogP contribution in [-0.2, 0) is 6.54 Å². The van der Waals surface area contributed by atoms with Crippen LogP contribution in [0.25, 0.3) is 0 Å². The summed E-state index contributed by atoms with van der Waals surface area (Å²) in [7, 11) is 0. The Bertz CT molecular complexity index is 676. The molecule has 7 nitrogen and oxygen atoms in total. The van der Waals surface area contributed by atoms with Crippen LogP contribution >= 0.6 is 11.6 Å². The molecular formula is C13H12ClN5O2. The number of hydrogen-bond donors (Lipinski definition) is 1. The quantitative estimate of drug-likeness (QED) is 0.518. The Morgan fingerprint density at radius 1 is 1.33 bits per heavy atom. The van der Waals surface area contributed by atoms with Crippen LogP contribution in [0.15, 0.2) is 24.5 Å². The van der Waals surface area contributed by atoms with E-state index in [9.17, 15) is 10.1 Å². The average Bonchev–Trinajstić information content (AvgIpc) is 3.29. The van der Waals surface area contributed by atoms with Crippen molar-refractivity contribution in [2.45, 2.75) is 25.3 Å². The summed E-state index contributed by atoms with van der Waals surface area (Å²) in [6.07, 6.45) is 5.32. The van der Waals surface area contributed by atoms with Crippen molar-refractivity contribution in [3.8, 4) is 0 Å². The molecule has 1 aliphatic carbocycles. The van der Waals surface area contributed by atoms with Crippen LogP contribution < -0.4 is 5.32 Å². The average molecular weight is 306 g/mol. The van der Waals surface area contributed by atoms with Crippen molar-refractivity contribution in [1.82, 2.24) is 15.0 Å². The van der Waals surface area contributed by atoms with Gasteiger partial charge >= 0.3 is 5.69 Å². The first-order valence-electron chi connectivity index (χ1n) is 6.49. The molecule has 0 spiro atoms. The number of rotatable bonds is 5. The lowest BCUT2D eigenvalue weighted by Gasteiger charge is -2.08. The van der Waals surface area contributed by atoms with Gasteiger partial charge in [0, 0.05) is 24.9 Å². The number of nitrogens with zero attached hydrogens (tertiary/aromatic N) is 4. The van der Waals surface area contributed by atoms with Gasteiger partial charge in [-0.25, -0.2) is 9.97 Å². The molecule has 0 amide bonds. The van der Waals surface area contributed by atoms with Crippen molar-refractivity contribution in [3.05, 3.63) is 51.2 Å². The SMILES string of the molecule is O=[N+]([O-])c1c(Cl)nc(C2CC2)nc1NCc1ccncc1. The van der Waals surface area contributed by atoms with Gasteiger partial charge in [-0.2, -0.15) is 0 Å². The molecule has 1 fully saturated rings. The summed E-state index contributed by atoms with van der Waals surface area (Å²) < 4.78 is 0. The number of anilines is 1. The first-order valence-corrected chi connectivity index (χ1v) is 6.87. The summed E-state index contributed by atoms with van der Waals surface area (Å²) in [5.41, 5.74) is 0.664. The third kappa shape index (κ3) is 3.08. The fraction of sp³-hybridized carbons (Fsp3) is 0.308. The van der Waals surface area contributed by atoms with Gasteiger partial charge in [0.25, 0.3) is 0 Å². The molecule has 2 heterocycles. The first-order chi connectivity index (χ1) is 10.1. The smallest absolute Gasteiger partial charge is 0.348 e. The molecule has 2 aromatic heterocycles. The predicted molar refractivity (Wildman–Crippen MR) is 77.2 cm³/mol.